The lowest BCUT2D eigenvalue weighted by atomic mass is 10.1. The van der Waals surface area contributed by atoms with E-state index in [1.807, 2.05) is 12.1 Å². The molecule has 0 bridgehead atoms. The van der Waals surface area contributed by atoms with Crippen LogP contribution in [0.4, 0.5) is 20.2 Å². The quantitative estimate of drug-likeness (QED) is 0.541. The SMILES string of the molecule is Cc1cc(NC(N)=Nc2cccc3ccc(F)cc23)ccc1F. The van der Waals surface area contributed by atoms with Crippen LogP contribution < -0.4 is 11.1 Å². The second-order valence-corrected chi connectivity index (χ2v) is 5.23. The van der Waals surface area contributed by atoms with E-state index in [1.54, 1.807) is 31.2 Å². The number of hydrogen-bond donors (Lipinski definition) is 2. The van der Waals surface area contributed by atoms with Crippen molar-refractivity contribution in [3.63, 3.8) is 0 Å². The molecule has 3 N–H and O–H groups in total. The van der Waals surface area contributed by atoms with Gasteiger partial charge in [-0.2, -0.15) is 0 Å². The molecule has 0 unspecified atom stereocenters. The lowest BCUT2D eigenvalue weighted by molar-refractivity contribution is 0.619. The van der Waals surface area contributed by atoms with E-state index >= 15 is 0 Å². The predicted octanol–water partition coefficient (Wildman–Crippen LogP) is 4.48. The van der Waals surface area contributed by atoms with E-state index in [1.165, 1.54) is 18.2 Å². The van der Waals surface area contributed by atoms with Gasteiger partial charge in [0.15, 0.2) is 5.96 Å². The molecular weight excluding hydrogens is 296 g/mol. The molecule has 23 heavy (non-hydrogen) atoms. The maximum absolute atomic E-state index is 13.5. The van der Waals surface area contributed by atoms with Gasteiger partial charge in [0.1, 0.15) is 11.6 Å². The third kappa shape index (κ3) is 3.29. The van der Waals surface area contributed by atoms with E-state index < -0.39 is 0 Å². The Labute approximate surface area is 132 Å². The molecule has 116 valence electrons. The third-order valence-electron chi connectivity index (χ3n) is 3.49. The number of benzene rings is 3. The Hall–Kier alpha value is -2.95. The number of aliphatic imine (C=N–C) groups is 1. The van der Waals surface area contributed by atoms with Crippen LogP contribution in [-0.4, -0.2) is 5.96 Å². The molecular formula is C18H15F2N3. The van der Waals surface area contributed by atoms with Gasteiger partial charge in [-0.15, -0.1) is 0 Å². The average molecular weight is 311 g/mol. The first kappa shape index (κ1) is 15.0. The number of hydrogen-bond acceptors (Lipinski definition) is 1. The van der Waals surface area contributed by atoms with Crippen LogP contribution in [0.1, 0.15) is 5.56 Å². The standard InChI is InChI=1S/C18H15F2N3/c1-11-9-14(7-8-16(11)20)22-18(21)23-17-4-2-3-12-5-6-13(19)10-15(12)17/h2-10H,1H3,(H3,21,22,23). The molecule has 0 heterocycles. The molecule has 0 spiro atoms. The van der Waals surface area contributed by atoms with Crippen LogP contribution in [0.2, 0.25) is 0 Å². The number of fused-ring (bicyclic) bond motifs is 1. The minimum absolute atomic E-state index is 0.146. The molecule has 0 radical (unpaired) electrons. The molecule has 0 aliphatic carbocycles. The van der Waals surface area contributed by atoms with Crippen LogP contribution >= 0.6 is 0 Å². The summed E-state index contributed by atoms with van der Waals surface area (Å²) in [5.74, 6) is -0.468. The molecule has 0 aromatic heterocycles. The Morgan fingerprint density at radius 2 is 1.87 bits per heavy atom. The summed E-state index contributed by atoms with van der Waals surface area (Å²) in [7, 11) is 0. The molecule has 3 aromatic rings. The highest BCUT2D eigenvalue weighted by Crippen LogP contribution is 2.26. The lowest BCUT2D eigenvalue weighted by Crippen LogP contribution is -2.22. The zero-order chi connectivity index (χ0) is 16.4. The fraction of sp³-hybridized carbons (Fsp3) is 0.0556. The second-order valence-electron chi connectivity index (χ2n) is 5.23. The predicted molar refractivity (Wildman–Crippen MR) is 89.9 cm³/mol. The van der Waals surface area contributed by atoms with Crippen molar-refractivity contribution in [2.24, 2.45) is 10.7 Å². The smallest absolute Gasteiger partial charge is 0.198 e. The van der Waals surface area contributed by atoms with Crippen LogP contribution in [0.25, 0.3) is 10.8 Å². The maximum atomic E-state index is 13.5. The Kier molecular flexibility index (Phi) is 3.93. The highest BCUT2D eigenvalue weighted by atomic mass is 19.1. The molecule has 3 aromatic carbocycles. The Morgan fingerprint density at radius 3 is 2.65 bits per heavy atom. The van der Waals surface area contributed by atoms with Gasteiger partial charge in [-0.25, -0.2) is 13.8 Å². The molecule has 0 aliphatic rings. The number of aryl methyl sites for hydroxylation is 1. The summed E-state index contributed by atoms with van der Waals surface area (Å²) < 4.78 is 26.7. The van der Waals surface area contributed by atoms with Crippen LogP contribution in [0.5, 0.6) is 0 Å². The topological polar surface area (TPSA) is 50.4 Å². The Balaban J connectivity index is 1.94. The monoisotopic (exact) mass is 311 g/mol. The molecule has 3 nitrogen and oxygen atoms in total. The summed E-state index contributed by atoms with van der Waals surface area (Å²) in [5.41, 5.74) is 7.61. The van der Waals surface area contributed by atoms with Crippen LogP contribution in [-0.2, 0) is 0 Å². The van der Waals surface area contributed by atoms with Crippen molar-refractivity contribution < 1.29 is 8.78 Å². The molecule has 0 saturated heterocycles. The van der Waals surface area contributed by atoms with Gasteiger partial charge in [0.25, 0.3) is 0 Å². The van der Waals surface area contributed by atoms with E-state index in [0.717, 1.165) is 5.39 Å². The average Bonchev–Trinajstić information content (AvgIpc) is 2.51. The lowest BCUT2D eigenvalue weighted by Gasteiger charge is -2.08. The summed E-state index contributed by atoms with van der Waals surface area (Å²) in [6, 6.07) is 14.5. The van der Waals surface area contributed by atoms with Crippen molar-refractivity contribution in [1.29, 1.82) is 0 Å². The number of anilines is 1. The van der Waals surface area contributed by atoms with Gasteiger partial charge in [0, 0.05) is 11.1 Å². The first-order valence-electron chi connectivity index (χ1n) is 7.08. The van der Waals surface area contributed by atoms with Gasteiger partial charge in [0.2, 0.25) is 0 Å². The van der Waals surface area contributed by atoms with Gasteiger partial charge in [0.05, 0.1) is 5.69 Å². The van der Waals surface area contributed by atoms with Crippen molar-refractivity contribution in [1.82, 2.24) is 0 Å². The number of rotatable bonds is 2. The molecule has 3 rings (SSSR count). The van der Waals surface area contributed by atoms with Crippen molar-refractivity contribution in [3.05, 3.63) is 71.8 Å². The molecule has 0 saturated carbocycles. The van der Waals surface area contributed by atoms with Crippen LogP contribution in [0.3, 0.4) is 0 Å². The fourth-order valence-corrected chi connectivity index (χ4v) is 2.35. The van der Waals surface area contributed by atoms with E-state index in [-0.39, 0.29) is 17.6 Å². The number of guanidine groups is 1. The zero-order valence-corrected chi connectivity index (χ0v) is 12.5. The summed E-state index contributed by atoms with van der Waals surface area (Å²) in [5, 5.41) is 4.45. The largest absolute Gasteiger partial charge is 0.369 e. The summed E-state index contributed by atoms with van der Waals surface area (Å²) in [6.45, 7) is 1.67. The first-order chi connectivity index (χ1) is 11.0. The van der Waals surface area contributed by atoms with E-state index in [2.05, 4.69) is 10.3 Å². The minimum Gasteiger partial charge on any atom is -0.369 e. The summed E-state index contributed by atoms with van der Waals surface area (Å²) in [4.78, 5) is 4.30. The number of halogens is 2. The molecule has 0 aliphatic heterocycles. The maximum Gasteiger partial charge on any atom is 0.198 e. The highest BCUT2D eigenvalue weighted by molar-refractivity contribution is 5.99. The van der Waals surface area contributed by atoms with Gasteiger partial charge >= 0.3 is 0 Å². The van der Waals surface area contributed by atoms with Gasteiger partial charge in [-0.1, -0.05) is 18.2 Å². The molecule has 5 heteroatoms. The van der Waals surface area contributed by atoms with Gasteiger partial charge < -0.3 is 11.1 Å². The summed E-state index contributed by atoms with van der Waals surface area (Å²) >= 11 is 0. The molecule has 0 atom stereocenters. The second kappa shape index (κ2) is 6.04. The normalized spacial score (nSPS) is 11.7. The molecule has 0 fully saturated rings. The summed E-state index contributed by atoms with van der Waals surface area (Å²) in [6.07, 6.45) is 0. The van der Waals surface area contributed by atoms with Crippen molar-refractivity contribution >= 4 is 28.1 Å². The number of nitrogens with zero attached hydrogens (tertiary/aromatic N) is 1. The van der Waals surface area contributed by atoms with Crippen LogP contribution in [0.15, 0.2) is 59.6 Å². The van der Waals surface area contributed by atoms with E-state index in [9.17, 15) is 8.78 Å². The Morgan fingerprint density at radius 1 is 1.04 bits per heavy atom. The first-order valence-corrected chi connectivity index (χ1v) is 7.08. The van der Waals surface area contributed by atoms with E-state index in [0.29, 0.717) is 22.3 Å². The number of nitrogens with two attached hydrogens (primary N) is 1. The highest BCUT2D eigenvalue weighted by Gasteiger charge is 2.04. The van der Waals surface area contributed by atoms with Crippen molar-refractivity contribution in [2.45, 2.75) is 6.92 Å². The molecule has 0 amide bonds. The fourth-order valence-electron chi connectivity index (χ4n) is 2.35. The minimum atomic E-state index is -0.333. The Bertz CT molecular complexity index is 904. The van der Waals surface area contributed by atoms with Crippen molar-refractivity contribution in [2.75, 3.05) is 5.32 Å². The van der Waals surface area contributed by atoms with Gasteiger partial charge in [-0.05, 0) is 54.3 Å². The van der Waals surface area contributed by atoms with Crippen LogP contribution in [0, 0.1) is 18.6 Å². The number of nitrogens with one attached hydrogen (secondary N) is 1. The zero-order valence-electron chi connectivity index (χ0n) is 12.5. The van der Waals surface area contributed by atoms with Crippen molar-refractivity contribution in [3.8, 4) is 0 Å². The van der Waals surface area contributed by atoms with Gasteiger partial charge in [-0.3, -0.25) is 0 Å². The van der Waals surface area contributed by atoms with E-state index in [4.69, 9.17) is 5.73 Å². The third-order valence-corrected chi connectivity index (χ3v) is 3.49.